The third-order valence-electron chi connectivity index (χ3n) is 3.22. The summed E-state index contributed by atoms with van der Waals surface area (Å²) in [5, 5.41) is 0. The highest BCUT2D eigenvalue weighted by Gasteiger charge is 2.44. The molecule has 0 aliphatic heterocycles. The van der Waals surface area contributed by atoms with Gasteiger partial charge in [0.25, 0.3) is 0 Å². The number of halogens is 6. The fourth-order valence-corrected chi connectivity index (χ4v) is 1.87. The molecule has 1 atom stereocenters. The van der Waals surface area contributed by atoms with Crippen LogP contribution >= 0.6 is 0 Å². The highest BCUT2D eigenvalue weighted by Crippen LogP contribution is 2.20. The van der Waals surface area contributed by atoms with Crippen molar-refractivity contribution >= 4 is 17.9 Å². The molecule has 0 rings (SSSR count). The Hall–Kier alpha value is -2.01. The summed E-state index contributed by atoms with van der Waals surface area (Å²) in [6, 6.07) is 0. The molecule has 0 aromatic heterocycles. The predicted molar refractivity (Wildman–Crippen MR) is 81.8 cm³/mol. The number of ether oxygens (including phenoxy) is 3. The van der Waals surface area contributed by atoms with Crippen molar-refractivity contribution in [2.45, 2.75) is 64.4 Å². The van der Waals surface area contributed by atoms with Crippen LogP contribution < -0.4 is 0 Å². The van der Waals surface area contributed by atoms with Gasteiger partial charge in [-0.05, 0) is 12.3 Å². The molecule has 164 valence electrons. The first-order valence-corrected chi connectivity index (χ1v) is 8.40. The summed E-state index contributed by atoms with van der Waals surface area (Å²) in [5.41, 5.74) is 0. The molecule has 0 fully saturated rings. The Kier molecular flexibility index (Phi) is 10.9. The minimum Gasteiger partial charge on any atom is -0.466 e. The molecular formula is C16H22F6O6. The van der Waals surface area contributed by atoms with Gasteiger partial charge >= 0.3 is 30.3 Å². The zero-order valence-electron chi connectivity index (χ0n) is 15.3. The number of rotatable bonds is 11. The normalized spacial score (nSPS) is 13.2. The third-order valence-corrected chi connectivity index (χ3v) is 3.22. The van der Waals surface area contributed by atoms with Gasteiger partial charge in [0.1, 0.15) is 12.7 Å². The Morgan fingerprint density at radius 3 is 1.89 bits per heavy atom. The molecule has 1 unspecified atom stereocenters. The average Bonchev–Trinajstić information content (AvgIpc) is 2.53. The van der Waals surface area contributed by atoms with E-state index in [9.17, 15) is 40.7 Å². The first kappa shape index (κ1) is 26.0. The van der Waals surface area contributed by atoms with E-state index >= 15 is 0 Å². The molecule has 0 amide bonds. The molecule has 12 heteroatoms. The molecule has 0 bridgehead atoms. The third kappa shape index (κ3) is 12.4. The Balaban J connectivity index is 4.55. The summed E-state index contributed by atoms with van der Waals surface area (Å²) in [4.78, 5) is 33.1. The molecule has 6 nitrogen and oxygen atoms in total. The number of carbonyl (C=O) groups excluding carboxylic acids is 3. The number of esters is 3. The second-order valence-corrected chi connectivity index (χ2v) is 6.29. The van der Waals surface area contributed by atoms with Gasteiger partial charge < -0.3 is 14.2 Å². The van der Waals surface area contributed by atoms with E-state index in [1.165, 1.54) is 0 Å². The molecular weight excluding hydrogens is 402 g/mol. The van der Waals surface area contributed by atoms with Crippen LogP contribution in [0.2, 0.25) is 0 Å². The lowest BCUT2D eigenvalue weighted by molar-refractivity contribution is -0.214. The second kappa shape index (κ2) is 11.7. The molecule has 0 aromatic carbocycles. The van der Waals surface area contributed by atoms with Crippen LogP contribution in [0.25, 0.3) is 0 Å². The fraction of sp³-hybridized carbons (Fsp3) is 0.812. The highest BCUT2D eigenvalue weighted by atomic mass is 19.4. The van der Waals surface area contributed by atoms with Crippen LogP contribution in [0, 0.1) is 5.92 Å². The first-order valence-electron chi connectivity index (χ1n) is 8.40. The van der Waals surface area contributed by atoms with Crippen molar-refractivity contribution in [3.05, 3.63) is 0 Å². The van der Waals surface area contributed by atoms with E-state index in [1.807, 2.05) is 13.8 Å². The van der Waals surface area contributed by atoms with E-state index in [0.29, 0.717) is 12.3 Å². The zero-order chi connectivity index (χ0) is 22.0. The summed E-state index contributed by atoms with van der Waals surface area (Å²) in [6.07, 6.45) is -10.8. The maximum absolute atomic E-state index is 12.2. The van der Waals surface area contributed by atoms with Gasteiger partial charge in [-0.15, -0.1) is 0 Å². The summed E-state index contributed by atoms with van der Waals surface area (Å²) in [6.45, 7) is 2.63. The van der Waals surface area contributed by atoms with Gasteiger partial charge in [-0.3, -0.25) is 4.79 Å². The minimum absolute atomic E-state index is 0.0563. The summed E-state index contributed by atoms with van der Waals surface area (Å²) >= 11 is 0. The van der Waals surface area contributed by atoms with Crippen LogP contribution in [0.3, 0.4) is 0 Å². The number of unbranched alkanes of at least 4 members (excludes halogenated alkanes) is 2. The molecule has 0 aliphatic carbocycles. The van der Waals surface area contributed by atoms with Crippen molar-refractivity contribution in [3.8, 4) is 0 Å². The lowest BCUT2D eigenvalue weighted by Crippen LogP contribution is -2.36. The van der Waals surface area contributed by atoms with Gasteiger partial charge in [0.2, 0.25) is 0 Å². The van der Waals surface area contributed by atoms with Gasteiger partial charge in [0.05, 0.1) is 13.0 Å². The van der Waals surface area contributed by atoms with E-state index in [4.69, 9.17) is 4.74 Å². The summed E-state index contributed by atoms with van der Waals surface area (Å²) < 4.78 is 85.3. The highest BCUT2D eigenvalue weighted by molar-refractivity contribution is 5.77. The largest absolute Gasteiger partial charge is 0.490 e. The second-order valence-electron chi connectivity index (χ2n) is 6.29. The molecule has 0 aliphatic rings. The van der Waals surface area contributed by atoms with Crippen molar-refractivity contribution in [1.82, 2.24) is 0 Å². The quantitative estimate of drug-likeness (QED) is 0.218. The molecule has 0 aromatic rings. The van der Waals surface area contributed by atoms with E-state index in [2.05, 4.69) is 9.47 Å². The number of hydrogen-bond donors (Lipinski definition) is 0. The summed E-state index contributed by atoms with van der Waals surface area (Å²) in [5.74, 6) is -6.03. The van der Waals surface area contributed by atoms with Crippen molar-refractivity contribution in [3.63, 3.8) is 0 Å². The minimum atomic E-state index is -5.44. The van der Waals surface area contributed by atoms with Crippen LogP contribution in [0.5, 0.6) is 0 Å². The molecule has 0 saturated carbocycles. The van der Waals surface area contributed by atoms with Gasteiger partial charge in [-0.25, -0.2) is 9.59 Å². The van der Waals surface area contributed by atoms with Crippen LogP contribution in [-0.2, 0) is 28.6 Å². The van der Waals surface area contributed by atoms with Crippen LogP contribution in [0.4, 0.5) is 26.3 Å². The van der Waals surface area contributed by atoms with Crippen molar-refractivity contribution in [2.75, 3.05) is 13.2 Å². The number of alkyl halides is 6. The Bertz CT molecular complexity index is 515. The fourth-order valence-electron chi connectivity index (χ4n) is 1.87. The predicted octanol–water partition coefficient (Wildman–Crippen LogP) is 3.72. The van der Waals surface area contributed by atoms with Gasteiger partial charge in [-0.2, -0.15) is 26.3 Å². The number of carbonyl (C=O) groups is 3. The van der Waals surface area contributed by atoms with Crippen molar-refractivity contribution in [2.24, 2.45) is 5.92 Å². The Morgan fingerprint density at radius 2 is 1.39 bits per heavy atom. The monoisotopic (exact) mass is 424 g/mol. The average molecular weight is 424 g/mol. The molecule has 0 radical (unpaired) electrons. The standard InChI is InChI=1S/C16H22F6O6/c1-10(2)6-4-3-5-7-26-12(23)8-11(28-14(25)16(20,21)22)9-27-13(24)15(17,18)19/h10-11H,3-9H2,1-2H3. The zero-order valence-corrected chi connectivity index (χ0v) is 15.3. The molecule has 28 heavy (non-hydrogen) atoms. The maximum Gasteiger partial charge on any atom is 0.490 e. The molecule has 0 N–H and O–H groups in total. The van der Waals surface area contributed by atoms with Crippen LogP contribution in [-0.4, -0.2) is 49.6 Å². The van der Waals surface area contributed by atoms with E-state index < -0.39 is 49.4 Å². The van der Waals surface area contributed by atoms with Crippen molar-refractivity contribution in [1.29, 1.82) is 0 Å². The maximum atomic E-state index is 12.2. The smallest absolute Gasteiger partial charge is 0.466 e. The Morgan fingerprint density at radius 1 is 0.821 bits per heavy atom. The van der Waals surface area contributed by atoms with Gasteiger partial charge in [0, 0.05) is 0 Å². The van der Waals surface area contributed by atoms with E-state index in [0.717, 1.165) is 19.3 Å². The van der Waals surface area contributed by atoms with Crippen molar-refractivity contribution < 1.29 is 54.9 Å². The lowest BCUT2D eigenvalue weighted by Gasteiger charge is -2.18. The molecule has 0 saturated heterocycles. The van der Waals surface area contributed by atoms with Gasteiger partial charge in [0.15, 0.2) is 0 Å². The van der Waals surface area contributed by atoms with E-state index in [-0.39, 0.29) is 6.61 Å². The van der Waals surface area contributed by atoms with E-state index in [1.54, 1.807) is 0 Å². The van der Waals surface area contributed by atoms with Gasteiger partial charge in [-0.1, -0.05) is 33.1 Å². The SMILES string of the molecule is CC(C)CCCCCOC(=O)CC(COC(=O)C(F)(F)F)OC(=O)C(F)(F)F. The Labute approximate surface area is 157 Å². The van der Waals surface area contributed by atoms with Crippen LogP contribution in [0.15, 0.2) is 0 Å². The topological polar surface area (TPSA) is 78.9 Å². The molecule has 0 heterocycles. The number of hydrogen-bond acceptors (Lipinski definition) is 6. The molecule has 0 spiro atoms. The lowest BCUT2D eigenvalue weighted by atomic mass is 10.1. The summed E-state index contributed by atoms with van der Waals surface area (Å²) in [7, 11) is 0. The van der Waals surface area contributed by atoms with Crippen LogP contribution in [0.1, 0.15) is 46.0 Å². The first-order chi connectivity index (χ1) is 12.7.